The van der Waals surface area contributed by atoms with Gasteiger partial charge in [0, 0.05) is 19.1 Å². The highest BCUT2D eigenvalue weighted by molar-refractivity contribution is 5.98. The number of hydrogen-bond acceptors (Lipinski definition) is 3. The van der Waals surface area contributed by atoms with Gasteiger partial charge in [-0.2, -0.15) is 5.10 Å². The van der Waals surface area contributed by atoms with E-state index in [0.29, 0.717) is 11.4 Å². The van der Waals surface area contributed by atoms with Crippen LogP contribution in [-0.4, -0.2) is 33.7 Å². The van der Waals surface area contributed by atoms with Gasteiger partial charge in [-0.25, -0.2) is 4.68 Å². The van der Waals surface area contributed by atoms with Crippen LogP contribution in [-0.2, 0) is 0 Å². The van der Waals surface area contributed by atoms with Crippen molar-refractivity contribution in [1.29, 1.82) is 0 Å². The summed E-state index contributed by atoms with van der Waals surface area (Å²) in [6.07, 6.45) is 6.20. The van der Waals surface area contributed by atoms with Crippen molar-refractivity contribution in [3.05, 3.63) is 11.8 Å². The maximum atomic E-state index is 12.4. The Hall–Kier alpha value is -1.52. The Balaban J connectivity index is 2.17. The first-order chi connectivity index (χ1) is 8.61. The Morgan fingerprint density at radius 2 is 1.89 bits per heavy atom. The molecule has 100 valence electrons. The first-order valence-electron chi connectivity index (χ1n) is 6.73. The van der Waals surface area contributed by atoms with E-state index < -0.39 is 0 Å². The van der Waals surface area contributed by atoms with Crippen molar-refractivity contribution in [3.8, 4) is 0 Å². The van der Waals surface area contributed by atoms with Gasteiger partial charge in [0.15, 0.2) is 0 Å². The average Bonchev–Trinajstić information content (AvgIpc) is 2.56. The second-order valence-electron chi connectivity index (χ2n) is 5.19. The number of likely N-dealkylation sites (tertiary alicyclic amines) is 1. The lowest BCUT2D eigenvalue weighted by Gasteiger charge is -2.20. The number of nitrogens with two attached hydrogens (primary N) is 1. The van der Waals surface area contributed by atoms with Gasteiger partial charge in [0.2, 0.25) is 0 Å². The van der Waals surface area contributed by atoms with Crippen LogP contribution in [0.1, 0.15) is 55.9 Å². The van der Waals surface area contributed by atoms with Gasteiger partial charge in [-0.05, 0) is 26.7 Å². The molecule has 1 aliphatic rings. The molecule has 1 aromatic rings. The van der Waals surface area contributed by atoms with Gasteiger partial charge in [-0.1, -0.05) is 12.8 Å². The molecule has 0 atom stereocenters. The van der Waals surface area contributed by atoms with Crippen LogP contribution >= 0.6 is 0 Å². The van der Waals surface area contributed by atoms with Gasteiger partial charge in [0.05, 0.1) is 6.20 Å². The normalized spacial score (nSPS) is 16.9. The van der Waals surface area contributed by atoms with Crippen LogP contribution in [0, 0.1) is 0 Å². The van der Waals surface area contributed by atoms with Crippen LogP contribution in [0.2, 0.25) is 0 Å². The van der Waals surface area contributed by atoms with Crippen molar-refractivity contribution in [1.82, 2.24) is 14.7 Å². The summed E-state index contributed by atoms with van der Waals surface area (Å²) < 4.78 is 1.70. The number of carbonyl (C=O) groups excluding carboxylic acids is 1. The number of rotatable bonds is 2. The number of nitrogens with zero attached hydrogens (tertiary/aromatic N) is 3. The first kappa shape index (κ1) is 12.9. The van der Waals surface area contributed by atoms with E-state index in [-0.39, 0.29) is 11.9 Å². The lowest BCUT2D eigenvalue weighted by molar-refractivity contribution is 0.0762. The molecule has 2 rings (SSSR count). The summed E-state index contributed by atoms with van der Waals surface area (Å²) in [4.78, 5) is 14.3. The quantitative estimate of drug-likeness (QED) is 0.873. The van der Waals surface area contributed by atoms with E-state index >= 15 is 0 Å². The molecule has 0 aromatic carbocycles. The van der Waals surface area contributed by atoms with Crippen molar-refractivity contribution >= 4 is 11.7 Å². The molecule has 1 aliphatic heterocycles. The zero-order chi connectivity index (χ0) is 13.1. The van der Waals surface area contributed by atoms with Gasteiger partial charge in [-0.3, -0.25) is 4.79 Å². The Morgan fingerprint density at radius 3 is 2.39 bits per heavy atom. The maximum absolute atomic E-state index is 12.4. The summed E-state index contributed by atoms with van der Waals surface area (Å²) in [5.41, 5.74) is 6.55. The standard InChI is InChI=1S/C13H22N4O/c1-10(2)17-12(14)11(9-15-17)13(18)16-7-5-3-4-6-8-16/h9-10H,3-8,14H2,1-2H3. The van der Waals surface area contributed by atoms with E-state index in [0.717, 1.165) is 25.9 Å². The molecule has 0 aliphatic carbocycles. The predicted molar refractivity (Wildman–Crippen MR) is 71.4 cm³/mol. The summed E-state index contributed by atoms with van der Waals surface area (Å²) in [6, 6.07) is 0.177. The van der Waals surface area contributed by atoms with E-state index in [1.54, 1.807) is 10.9 Å². The fourth-order valence-electron chi connectivity index (χ4n) is 2.39. The summed E-state index contributed by atoms with van der Waals surface area (Å²) in [7, 11) is 0. The van der Waals surface area contributed by atoms with Crippen LogP contribution in [0.4, 0.5) is 5.82 Å². The van der Waals surface area contributed by atoms with Crippen molar-refractivity contribution in [3.63, 3.8) is 0 Å². The molecule has 5 heteroatoms. The lowest BCUT2D eigenvalue weighted by atomic mass is 10.2. The van der Waals surface area contributed by atoms with E-state index in [4.69, 9.17) is 5.73 Å². The third-order valence-electron chi connectivity index (χ3n) is 3.45. The van der Waals surface area contributed by atoms with Crippen LogP contribution in [0.25, 0.3) is 0 Å². The highest BCUT2D eigenvalue weighted by Crippen LogP contribution is 2.19. The molecule has 2 N–H and O–H groups in total. The minimum atomic E-state index is 0.0290. The molecular weight excluding hydrogens is 228 g/mol. The van der Waals surface area contributed by atoms with Crippen LogP contribution in [0.5, 0.6) is 0 Å². The molecule has 1 saturated heterocycles. The molecule has 1 fully saturated rings. The second kappa shape index (κ2) is 5.42. The number of carbonyl (C=O) groups is 1. The molecular formula is C13H22N4O. The first-order valence-corrected chi connectivity index (χ1v) is 6.73. The zero-order valence-electron chi connectivity index (χ0n) is 11.2. The largest absolute Gasteiger partial charge is 0.383 e. The van der Waals surface area contributed by atoms with Gasteiger partial charge in [-0.15, -0.1) is 0 Å². The molecule has 0 bridgehead atoms. The smallest absolute Gasteiger partial charge is 0.259 e. The molecule has 0 unspecified atom stereocenters. The monoisotopic (exact) mass is 250 g/mol. The lowest BCUT2D eigenvalue weighted by Crippen LogP contribution is -2.32. The summed E-state index contributed by atoms with van der Waals surface area (Å²) in [5.74, 6) is 0.514. The van der Waals surface area contributed by atoms with Crippen LogP contribution in [0.15, 0.2) is 6.20 Å². The third kappa shape index (κ3) is 2.49. The Bertz CT molecular complexity index is 417. The number of anilines is 1. The van der Waals surface area contributed by atoms with Gasteiger partial charge >= 0.3 is 0 Å². The SMILES string of the molecule is CC(C)n1ncc(C(=O)N2CCCCCC2)c1N. The van der Waals surface area contributed by atoms with Crippen molar-refractivity contribution < 1.29 is 4.79 Å². The summed E-state index contributed by atoms with van der Waals surface area (Å²) >= 11 is 0. The van der Waals surface area contributed by atoms with Gasteiger partial charge in [0.25, 0.3) is 5.91 Å². The highest BCUT2D eigenvalue weighted by Gasteiger charge is 2.22. The third-order valence-corrected chi connectivity index (χ3v) is 3.45. The van der Waals surface area contributed by atoms with E-state index in [1.807, 2.05) is 18.7 Å². The summed E-state index contributed by atoms with van der Waals surface area (Å²) in [5, 5.41) is 4.20. The minimum absolute atomic E-state index is 0.0290. The van der Waals surface area contributed by atoms with Crippen LogP contribution in [0.3, 0.4) is 0 Å². The molecule has 1 amide bonds. The van der Waals surface area contributed by atoms with Crippen molar-refractivity contribution in [2.24, 2.45) is 0 Å². The Morgan fingerprint density at radius 1 is 1.28 bits per heavy atom. The molecule has 5 nitrogen and oxygen atoms in total. The van der Waals surface area contributed by atoms with E-state index in [9.17, 15) is 4.79 Å². The minimum Gasteiger partial charge on any atom is -0.383 e. The van der Waals surface area contributed by atoms with Crippen molar-refractivity contribution in [2.45, 2.75) is 45.6 Å². The fraction of sp³-hybridized carbons (Fsp3) is 0.692. The van der Waals surface area contributed by atoms with Gasteiger partial charge in [0.1, 0.15) is 11.4 Å². The second-order valence-corrected chi connectivity index (χ2v) is 5.19. The average molecular weight is 250 g/mol. The molecule has 0 spiro atoms. The van der Waals surface area contributed by atoms with Crippen molar-refractivity contribution in [2.75, 3.05) is 18.8 Å². The number of hydrogen-bond donors (Lipinski definition) is 1. The molecule has 1 aromatic heterocycles. The number of amides is 1. The van der Waals surface area contributed by atoms with E-state index in [1.165, 1.54) is 12.8 Å². The molecule has 0 saturated carbocycles. The zero-order valence-corrected chi connectivity index (χ0v) is 11.2. The maximum Gasteiger partial charge on any atom is 0.259 e. The topological polar surface area (TPSA) is 64.2 Å². The van der Waals surface area contributed by atoms with Gasteiger partial charge < -0.3 is 10.6 Å². The Labute approximate surface area is 108 Å². The molecule has 2 heterocycles. The predicted octanol–water partition coefficient (Wildman–Crippen LogP) is 2.06. The molecule has 0 radical (unpaired) electrons. The fourth-order valence-corrected chi connectivity index (χ4v) is 2.39. The number of aromatic nitrogens is 2. The van der Waals surface area contributed by atoms with Crippen LogP contribution < -0.4 is 5.73 Å². The number of nitrogen functional groups attached to an aromatic ring is 1. The Kier molecular flexibility index (Phi) is 3.89. The highest BCUT2D eigenvalue weighted by atomic mass is 16.2. The molecule has 18 heavy (non-hydrogen) atoms. The summed E-state index contributed by atoms with van der Waals surface area (Å²) in [6.45, 7) is 5.68. The van der Waals surface area contributed by atoms with E-state index in [2.05, 4.69) is 5.10 Å².